The Morgan fingerprint density at radius 2 is 2.43 bits per heavy atom. The summed E-state index contributed by atoms with van der Waals surface area (Å²) in [4.78, 5) is 26.9. The van der Waals surface area contributed by atoms with Crippen LogP contribution in [-0.4, -0.2) is 15.7 Å². The van der Waals surface area contributed by atoms with Crippen molar-refractivity contribution in [2.75, 3.05) is 0 Å². The highest BCUT2D eigenvalue weighted by Crippen LogP contribution is 2.24. The van der Waals surface area contributed by atoms with Crippen molar-refractivity contribution in [2.45, 2.75) is 6.42 Å². The van der Waals surface area contributed by atoms with Crippen LogP contribution in [0, 0.1) is 0 Å². The van der Waals surface area contributed by atoms with Crippen molar-refractivity contribution in [2.24, 2.45) is 0 Å². The van der Waals surface area contributed by atoms with Crippen molar-refractivity contribution < 1.29 is 4.79 Å². The molecule has 2 aromatic heterocycles. The lowest BCUT2D eigenvalue weighted by Crippen LogP contribution is -2.10. The first-order chi connectivity index (χ1) is 6.74. The van der Waals surface area contributed by atoms with Crippen LogP contribution in [0.15, 0.2) is 17.1 Å². The molecule has 14 heavy (non-hydrogen) atoms. The second-order valence-corrected chi connectivity index (χ2v) is 4.01. The molecular formula is C8H5ClN2O2S. The number of thiazole rings is 1. The van der Waals surface area contributed by atoms with Crippen LogP contribution >= 0.6 is 22.9 Å². The molecule has 0 N–H and O–H groups in total. The van der Waals surface area contributed by atoms with Crippen LogP contribution in [-0.2, 0) is 11.2 Å². The summed E-state index contributed by atoms with van der Waals surface area (Å²) in [5.74, 6) is 0. The van der Waals surface area contributed by atoms with E-state index in [9.17, 15) is 9.59 Å². The van der Waals surface area contributed by atoms with Gasteiger partial charge in [-0.05, 0) is 0 Å². The number of hydrogen-bond acceptors (Lipinski definition) is 4. The lowest BCUT2D eigenvalue weighted by Gasteiger charge is -1.91. The number of rotatable bonds is 2. The van der Waals surface area contributed by atoms with Gasteiger partial charge in [0.1, 0.15) is 11.4 Å². The largest absolute Gasteiger partial charge is 0.303 e. The van der Waals surface area contributed by atoms with E-state index in [1.165, 1.54) is 28.0 Å². The number of carbonyl (C=O) groups is 1. The molecule has 0 aliphatic carbocycles. The Morgan fingerprint density at radius 1 is 1.64 bits per heavy atom. The second-order valence-electron chi connectivity index (χ2n) is 2.59. The topological polar surface area (TPSA) is 51.4 Å². The fourth-order valence-electron chi connectivity index (χ4n) is 1.12. The van der Waals surface area contributed by atoms with Gasteiger partial charge >= 0.3 is 0 Å². The quantitative estimate of drug-likeness (QED) is 0.725. The fourth-order valence-corrected chi connectivity index (χ4v) is 2.46. The first kappa shape index (κ1) is 9.36. The van der Waals surface area contributed by atoms with Gasteiger partial charge in [-0.15, -0.1) is 0 Å². The zero-order valence-electron chi connectivity index (χ0n) is 6.94. The van der Waals surface area contributed by atoms with Crippen molar-refractivity contribution >= 4 is 34.2 Å². The highest BCUT2D eigenvalue weighted by atomic mass is 35.5. The lowest BCUT2D eigenvalue weighted by molar-refractivity contribution is -0.107. The van der Waals surface area contributed by atoms with E-state index in [0.29, 0.717) is 9.84 Å². The fraction of sp³-hybridized carbons (Fsp3) is 0.125. The predicted molar refractivity (Wildman–Crippen MR) is 54.1 cm³/mol. The van der Waals surface area contributed by atoms with Gasteiger partial charge in [0.2, 0.25) is 0 Å². The molecule has 6 heteroatoms. The van der Waals surface area contributed by atoms with E-state index in [1.807, 2.05) is 0 Å². The summed E-state index contributed by atoms with van der Waals surface area (Å²) in [5.41, 5.74) is -0.228. The van der Waals surface area contributed by atoms with E-state index in [-0.39, 0.29) is 17.1 Å². The molecule has 2 heterocycles. The van der Waals surface area contributed by atoms with Crippen LogP contribution in [0.1, 0.15) is 4.88 Å². The van der Waals surface area contributed by atoms with Crippen LogP contribution in [0.25, 0.3) is 4.96 Å². The zero-order chi connectivity index (χ0) is 10.1. The average Bonchev–Trinajstić information content (AvgIpc) is 2.46. The van der Waals surface area contributed by atoms with Gasteiger partial charge in [-0.3, -0.25) is 4.79 Å². The van der Waals surface area contributed by atoms with Gasteiger partial charge in [-0.2, -0.15) is 0 Å². The molecule has 0 spiro atoms. The van der Waals surface area contributed by atoms with Crippen molar-refractivity contribution in [1.29, 1.82) is 0 Å². The number of fused-ring (bicyclic) bond motifs is 1. The molecule has 0 atom stereocenters. The normalized spacial score (nSPS) is 10.6. The molecule has 2 rings (SSSR count). The molecular weight excluding hydrogens is 224 g/mol. The van der Waals surface area contributed by atoms with Gasteiger partial charge in [0.15, 0.2) is 4.96 Å². The third-order valence-electron chi connectivity index (χ3n) is 1.72. The van der Waals surface area contributed by atoms with Gasteiger partial charge in [-0.25, -0.2) is 9.38 Å². The van der Waals surface area contributed by atoms with Crippen LogP contribution in [0.4, 0.5) is 0 Å². The third-order valence-corrected chi connectivity index (χ3v) is 3.31. The number of hydrogen-bond donors (Lipinski definition) is 0. The maximum atomic E-state index is 11.4. The molecule has 72 valence electrons. The first-order valence-corrected chi connectivity index (χ1v) is 5.02. The van der Waals surface area contributed by atoms with E-state index in [0.717, 1.165) is 6.29 Å². The molecule has 0 radical (unpaired) electrons. The Hall–Kier alpha value is -1.20. The average molecular weight is 229 g/mol. The first-order valence-electron chi connectivity index (χ1n) is 3.82. The Kier molecular flexibility index (Phi) is 2.35. The Labute approximate surface area is 87.8 Å². The molecule has 0 aliphatic rings. The summed E-state index contributed by atoms with van der Waals surface area (Å²) in [7, 11) is 0. The molecule has 0 saturated carbocycles. The standard InChI is InChI=1S/C8H5ClN2O2S/c9-7-5(2-4-12)14-8-10-3-1-6(13)11(7)8/h1,3-4H,2H2. The lowest BCUT2D eigenvalue weighted by atomic mass is 10.4. The molecule has 0 bridgehead atoms. The summed E-state index contributed by atoms with van der Waals surface area (Å²) >= 11 is 7.17. The smallest absolute Gasteiger partial charge is 0.259 e. The van der Waals surface area contributed by atoms with E-state index < -0.39 is 0 Å². The van der Waals surface area contributed by atoms with Gasteiger partial charge in [0, 0.05) is 18.7 Å². The molecule has 0 aliphatic heterocycles. The highest BCUT2D eigenvalue weighted by Gasteiger charge is 2.11. The van der Waals surface area contributed by atoms with Crippen LogP contribution < -0.4 is 5.56 Å². The van der Waals surface area contributed by atoms with Gasteiger partial charge in [-0.1, -0.05) is 22.9 Å². The van der Waals surface area contributed by atoms with E-state index in [4.69, 9.17) is 11.6 Å². The van der Waals surface area contributed by atoms with E-state index in [1.54, 1.807) is 0 Å². The summed E-state index contributed by atoms with van der Waals surface area (Å²) in [5, 5.41) is 0.287. The molecule has 4 nitrogen and oxygen atoms in total. The minimum absolute atomic E-state index is 0.215. The monoisotopic (exact) mass is 228 g/mol. The highest BCUT2D eigenvalue weighted by molar-refractivity contribution is 7.17. The van der Waals surface area contributed by atoms with E-state index >= 15 is 0 Å². The zero-order valence-corrected chi connectivity index (χ0v) is 8.51. The van der Waals surface area contributed by atoms with Crippen LogP contribution in [0.3, 0.4) is 0 Å². The number of nitrogens with zero attached hydrogens (tertiary/aromatic N) is 2. The molecule has 0 unspecified atom stereocenters. The number of aldehydes is 1. The van der Waals surface area contributed by atoms with Crippen LogP contribution in [0.5, 0.6) is 0 Å². The van der Waals surface area contributed by atoms with Crippen molar-refractivity contribution in [1.82, 2.24) is 9.38 Å². The summed E-state index contributed by atoms with van der Waals surface area (Å²) in [6, 6.07) is 1.33. The number of carbonyl (C=O) groups excluding carboxylic acids is 1. The minimum atomic E-state index is -0.228. The molecule has 0 fully saturated rings. The van der Waals surface area contributed by atoms with Crippen molar-refractivity contribution in [3.63, 3.8) is 0 Å². The predicted octanol–water partition coefficient (Wildman–Crippen LogP) is 1.15. The van der Waals surface area contributed by atoms with Crippen molar-refractivity contribution in [3.8, 4) is 0 Å². The van der Waals surface area contributed by atoms with Crippen LogP contribution in [0.2, 0.25) is 5.15 Å². The Morgan fingerprint density at radius 3 is 3.07 bits per heavy atom. The van der Waals surface area contributed by atoms with E-state index in [2.05, 4.69) is 4.98 Å². The van der Waals surface area contributed by atoms with Gasteiger partial charge in [0.05, 0.1) is 4.88 Å². The van der Waals surface area contributed by atoms with Gasteiger partial charge < -0.3 is 4.79 Å². The summed E-state index contributed by atoms with van der Waals surface area (Å²) < 4.78 is 1.30. The second kappa shape index (κ2) is 3.51. The molecule has 0 aromatic carbocycles. The number of aromatic nitrogens is 2. The Bertz CT molecular complexity index is 546. The third kappa shape index (κ3) is 1.34. The number of halogens is 1. The van der Waals surface area contributed by atoms with Crippen molar-refractivity contribution in [3.05, 3.63) is 32.6 Å². The summed E-state index contributed by atoms with van der Waals surface area (Å²) in [6.07, 6.45) is 2.39. The molecule has 0 saturated heterocycles. The minimum Gasteiger partial charge on any atom is -0.303 e. The summed E-state index contributed by atoms with van der Waals surface area (Å²) in [6.45, 7) is 0. The SMILES string of the molecule is O=CCc1sc2nccc(=O)n2c1Cl. The Balaban J connectivity index is 2.80. The molecule has 2 aromatic rings. The molecule has 0 amide bonds. The maximum Gasteiger partial charge on any atom is 0.259 e. The van der Waals surface area contributed by atoms with Gasteiger partial charge in [0.25, 0.3) is 5.56 Å². The maximum absolute atomic E-state index is 11.4.